The molecule has 0 spiro atoms. The second kappa shape index (κ2) is 13.1. The molecule has 2 aliphatic rings. The highest BCUT2D eigenvalue weighted by atomic mass is 19.1. The summed E-state index contributed by atoms with van der Waals surface area (Å²) in [5.74, 6) is -1.84. The van der Waals surface area contributed by atoms with Gasteiger partial charge in [0, 0.05) is 57.4 Å². The van der Waals surface area contributed by atoms with E-state index in [4.69, 9.17) is 13.9 Å². The fraction of sp³-hybridized carbons (Fsp3) is 0.577. The Kier molecular flexibility index (Phi) is 9.59. The van der Waals surface area contributed by atoms with Crippen molar-refractivity contribution in [2.75, 3.05) is 59.1 Å². The second-order valence-electron chi connectivity index (χ2n) is 9.37. The molecule has 3 heterocycles. The Morgan fingerprint density at radius 1 is 1.19 bits per heavy atom. The number of hydrogen-bond donors (Lipinski definition) is 0. The van der Waals surface area contributed by atoms with Gasteiger partial charge < -0.3 is 18.8 Å². The lowest BCUT2D eigenvalue weighted by atomic mass is 9.98. The molecule has 202 valence electrons. The first kappa shape index (κ1) is 27.2. The van der Waals surface area contributed by atoms with Crippen LogP contribution in [0.15, 0.2) is 28.9 Å². The molecule has 0 saturated carbocycles. The maximum Gasteiger partial charge on any atom is 0.310 e. The quantitative estimate of drug-likeness (QED) is 0.442. The lowest BCUT2D eigenvalue weighted by molar-refractivity contribution is -0.149. The van der Waals surface area contributed by atoms with Crippen molar-refractivity contribution in [3.05, 3.63) is 53.2 Å². The minimum absolute atomic E-state index is 0.167. The van der Waals surface area contributed by atoms with Gasteiger partial charge in [-0.1, -0.05) is 6.07 Å². The first-order chi connectivity index (χ1) is 17.9. The fourth-order valence-corrected chi connectivity index (χ4v) is 4.66. The van der Waals surface area contributed by atoms with Gasteiger partial charge in [-0.15, -0.1) is 0 Å². The van der Waals surface area contributed by atoms with E-state index in [1.54, 1.807) is 11.8 Å². The van der Waals surface area contributed by atoms with Crippen molar-refractivity contribution in [1.82, 2.24) is 19.7 Å². The number of nitrogens with zero attached hydrogens (tertiary/aromatic N) is 4. The molecule has 1 amide bonds. The molecule has 1 aromatic carbocycles. The van der Waals surface area contributed by atoms with E-state index in [9.17, 15) is 18.4 Å². The van der Waals surface area contributed by atoms with Crippen LogP contribution in [-0.4, -0.2) is 90.6 Å². The zero-order chi connectivity index (χ0) is 26.2. The third-order valence-electron chi connectivity index (χ3n) is 6.70. The Morgan fingerprint density at radius 2 is 2.00 bits per heavy atom. The Bertz CT molecular complexity index is 1060. The molecule has 2 fully saturated rings. The molecule has 11 heteroatoms. The summed E-state index contributed by atoms with van der Waals surface area (Å²) in [6.45, 7) is 7.68. The molecule has 0 radical (unpaired) electrons. The maximum absolute atomic E-state index is 14.4. The molecule has 1 aromatic heterocycles. The molecular weight excluding hydrogens is 486 g/mol. The molecule has 0 aliphatic carbocycles. The van der Waals surface area contributed by atoms with Crippen molar-refractivity contribution >= 4 is 11.9 Å². The van der Waals surface area contributed by atoms with Gasteiger partial charge in [0.1, 0.15) is 17.9 Å². The minimum atomic E-state index is -0.625. The number of halogens is 2. The van der Waals surface area contributed by atoms with Gasteiger partial charge in [0.2, 0.25) is 5.89 Å². The standard InChI is InChI=1S/C26H34F2N4O5/c1-2-36-26(34)20-4-3-7-32(16-20)25(33)23-18-37-24(29-23)17-31(9-8-30-10-12-35-13-11-30)15-19-5-6-21(27)14-22(19)28/h5-6,14,18,20H,2-4,7-13,15-17H2,1H3/t20-/m0/s1. The molecular formula is C26H34F2N4O5. The lowest BCUT2D eigenvalue weighted by Crippen LogP contribution is -2.43. The van der Waals surface area contributed by atoms with Gasteiger partial charge in [0.05, 0.1) is 32.3 Å². The van der Waals surface area contributed by atoms with E-state index in [1.807, 2.05) is 4.90 Å². The van der Waals surface area contributed by atoms with Crippen molar-refractivity contribution in [3.8, 4) is 0 Å². The SMILES string of the molecule is CCOC(=O)[C@H]1CCCN(C(=O)c2coc(CN(CCN3CCOCC3)Cc3ccc(F)cc3F)n2)C1. The number of aromatic nitrogens is 1. The number of carbonyl (C=O) groups excluding carboxylic acids is 2. The normalized spacial score (nSPS) is 18.8. The number of oxazole rings is 1. The van der Waals surface area contributed by atoms with Gasteiger partial charge >= 0.3 is 5.97 Å². The number of hydrogen-bond acceptors (Lipinski definition) is 8. The Balaban J connectivity index is 1.41. The van der Waals surface area contributed by atoms with E-state index >= 15 is 0 Å². The van der Waals surface area contributed by atoms with Crippen molar-refractivity contribution in [2.45, 2.75) is 32.9 Å². The zero-order valence-electron chi connectivity index (χ0n) is 21.2. The number of morpholine rings is 1. The summed E-state index contributed by atoms with van der Waals surface area (Å²) >= 11 is 0. The van der Waals surface area contributed by atoms with E-state index in [1.165, 1.54) is 18.4 Å². The molecule has 0 N–H and O–H groups in total. The number of likely N-dealkylation sites (tertiary alicyclic amines) is 1. The first-order valence-corrected chi connectivity index (χ1v) is 12.8. The van der Waals surface area contributed by atoms with Gasteiger partial charge in [-0.25, -0.2) is 13.8 Å². The number of amides is 1. The number of esters is 1. The van der Waals surface area contributed by atoms with Gasteiger partial charge in [0.15, 0.2) is 5.69 Å². The van der Waals surface area contributed by atoms with Crippen LogP contribution in [0.4, 0.5) is 8.78 Å². The average molecular weight is 521 g/mol. The predicted molar refractivity (Wildman–Crippen MR) is 129 cm³/mol. The number of piperidine rings is 1. The van der Waals surface area contributed by atoms with Gasteiger partial charge in [-0.05, 0) is 25.8 Å². The van der Waals surface area contributed by atoms with E-state index in [0.29, 0.717) is 57.2 Å². The molecule has 2 aromatic rings. The molecule has 0 bridgehead atoms. The highest BCUT2D eigenvalue weighted by Gasteiger charge is 2.31. The Morgan fingerprint density at radius 3 is 2.76 bits per heavy atom. The van der Waals surface area contributed by atoms with E-state index in [2.05, 4.69) is 9.88 Å². The van der Waals surface area contributed by atoms with Crippen LogP contribution in [0.2, 0.25) is 0 Å². The largest absolute Gasteiger partial charge is 0.466 e. The van der Waals surface area contributed by atoms with Gasteiger partial charge in [-0.2, -0.15) is 0 Å². The highest BCUT2D eigenvalue weighted by Crippen LogP contribution is 2.21. The topological polar surface area (TPSA) is 88.4 Å². The van der Waals surface area contributed by atoms with Gasteiger partial charge in [0.25, 0.3) is 5.91 Å². The summed E-state index contributed by atoms with van der Waals surface area (Å²) < 4.78 is 43.9. The van der Waals surface area contributed by atoms with Crippen LogP contribution in [-0.2, 0) is 27.4 Å². The summed E-state index contributed by atoms with van der Waals surface area (Å²) in [6, 6.07) is 3.55. The first-order valence-electron chi connectivity index (χ1n) is 12.8. The third-order valence-corrected chi connectivity index (χ3v) is 6.70. The van der Waals surface area contributed by atoms with Crippen LogP contribution in [0, 0.1) is 17.6 Å². The highest BCUT2D eigenvalue weighted by molar-refractivity contribution is 5.92. The van der Waals surface area contributed by atoms with Crippen molar-refractivity contribution in [1.29, 1.82) is 0 Å². The Labute approximate surface area is 215 Å². The van der Waals surface area contributed by atoms with Crippen LogP contribution in [0.1, 0.15) is 41.7 Å². The summed E-state index contributed by atoms with van der Waals surface area (Å²) in [4.78, 5) is 35.4. The molecule has 1 atom stereocenters. The summed E-state index contributed by atoms with van der Waals surface area (Å²) in [7, 11) is 0. The molecule has 0 unspecified atom stereocenters. The minimum Gasteiger partial charge on any atom is -0.466 e. The smallest absolute Gasteiger partial charge is 0.310 e. The van der Waals surface area contributed by atoms with Crippen LogP contribution in [0.25, 0.3) is 0 Å². The number of benzene rings is 1. The molecule has 2 aliphatic heterocycles. The van der Waals surface area contributed by atoms with Crippen molar-refractivity contribution in [3.63, 3.8) is 0 Å². The van der Waals surface area contributed by atoms with Crippen LogP contribution >= 0.6 is 0 Å². The predicted octanol–water partition coefficient (Wildman–Crippen LogP) is 2.70. The molecule has 9 nitrogen and oxygen atoms in total. The molecule has 37 heavy (non-hydrogen) atoms. The van der Waals surface area contributed by atoms with E-state index in [0.717, 1.165) is 25.7 Å². The molecule has 2 saturated heterocycles. The van der Waals surface area contributed by atoms with E-state index < -0.39 is 11.6 Å². The maximum atomic E-state index is 14.4. The summed E-state index contributed by atoms with van der Waals surface area (Å²) in [6.07, 6.45) is 2.72. The zero-order valence-corrected chi connectivity index (χ0v) is 21.2. The summed E-state index contributed by atoms with van der Waals surface area (Å²) in [5.41, 5.74) is 0.533. The van der Waals surface area contributed by atoms with Crippen LogP contribution in [0.5, 0.6) is 0 Å². The van der Waals surface area contributed by atoms with Crippen LogP contribution < -0.4 is 0 Å². The van der Waals surface area contributed by atoms with Crippen molar-refractivity contribution < 1.29 is 32.3 Å². The third kappa shape index (κ3) is 7.56. The fourth-order valence-electron chi connectivity index (χ4n) is 4.66. The Hall–Kier alpha value is -2.89. The number of carbonyl (C=O) groups is 2. The van der Waals surface area contributed by atoms with Crippen LogP contribution in [0.3, 0.4) is 0 Å². The lowest BCUT2D eigenvalue weighted by Gasteiger charge is -2.30. The van der Waals surface area contributed by atoms with Crippen molar-refractivity contribution in [2.24, 2.45) is 5.92 Å². The second-order valence-corrected chi connectivity index (χ2v) is 9.37. The molecule has 4 rings (SSSR count). The monoisotopic (exact) mass is 520 g/mol. The van der Waals surface area contributed by atoms with E-state index in [-0.39, 0.29) is 43.1 Å². The summed E-state index contributed by atoms with van der Waals surface area (Å²) in [5, 5.41) is 0. The number of ether oxygens (including phenoxy) is 2. The van der Waals surface area contributed by atoms with Gasteiger partial charge in [-0.3, -0.25) is 19.4 Å². The number of rotatable bonds is 10. The average Bonchev–Trinajstić information content (AvgIpc) is 3.37.